The zero-order valence-corrected chi connectivity index (χ0v) is 14.3. The van der Waals surface area contributed by atoms with Crippen LogP contribution in [0.2, 0.25) is 0 Å². The molecule has 1 aliphatic rings. The molecule has 0 aromatic carbocycles. The van der Waals surface area contributed by atoms with Crippen LogP contribution in [-0.2, 0) is 12.1 Å². The fraction of sp³-hybridized carbons (Fsp3) is 0.688. The smallest absolute Gasteiger partial charge is 0.124 e. The van der Waals surface area contributed by atoms with Crippen LogP contribution in [0.3, 0.4) is 0 Å². The molecule has 0 saturated carbocycles. The summed E-state index contributed by atoms with van der Waals surface area (Å²) >= 11 is 0. The van der Waals surface area contributed by atoms with Crippen molar-refractivity contribution in [2.75, 3.05) is 13.1 Å². The fourth-order valence-corrected chi connectivity index (χ4v) is 3.09. The minimum absolute atomic E-state index is 0.246. The number of likely N-dealkylation sites (tertiary alicyclic amines) is 1. The summed E-state index contributed by atoms with van der Waals surface area (Å²) in [5.41, 5.74) is -0.247. The van der Waals surface area contributed by atoms with Gasteiger partial charge in [0, 0.05) is 37.6 Å². The summed E-state index contributed by atoms with van der Waals surface area (Å²) in [5.74, 6) is 1.04. The van der Waals surface area contributed by atoms with Crippen molar-refractivity contribution >= 4 is 0 Å². The van der Waals surface area contributed by atoms with E-state index < -0.39 is 5.60 Å². The maximum atomic E-state index is 11.0. The topological polar surface area (TPSA) is 72.0 Å². The van der Waals surface area contributed by atoms with Crippen molar-refractivity contribution in [2.45, 2.75) is 58.3 Å². The lowest BCUT2D eigenvalue weighted by Crippen LogP contribution is -2.31. The number of nitrogens with zero attached hydrogens (tertiary/aromatic N) is 6. The maximum absolute atomic E-state index is 11.0. The van der Waals surface area contributed by atoms with Gasteiger partial charge in [-0.25, -0.2) is 9.67 Å². The second-order valence-electron chi connectivity index (χ2n) is 7.01. The molecule has 0 radical (unpaired) electrons. The Hall–Kier alpha value is -1.73. The Bertz CT molecular complexity index is 661. The predicted molar refractivity (Wildman–Crippen MR) is 86.8 cm³/mol. The Morgan fingerprint density at radius 2 is 2.04 bits per heavy atom. The van der Waals surface area contributed by atoms with Crippen molar-refractivity contribution < 1.29 is 5.11 Å². The summed E-state index contributed by atoms with van der Waals surface area (Å²) in [6.45, 7) is 10.5. The molecule has 1 saturated heterocycles. The first-order valence-corrected chi connectivity index (χ1v) is 8.28. The summed E-state index contributed by atoms with van der Waals surface area (Å²) in [6, 6.07) is 0.635. The molecule has 0 spiro atoms. The monoisotopic (exact) mass is 318 g/mol. The number of aliphatic hydroxyl groups is 1. The van der Waals surface area contributed by atoms with Gasteiger partial charge < -0.3 is 9.67 Å². The van der Waals surface area contributed by atoms with Gasteiger partial charge in [-0.05, 0) is 34.1 Å². The van der Waals surface area contributed by atoms with E-state index in [2.05, 4.69) is 52.5 Å². The molecule has 23 heavy (non-hydrogen) atoms. The molecule has 2 aromatic heterocycles. The van der Waals surface area contributed by atoms with E-state index in [1.807, 2.05) is 18.6 Å². The largest absolute Gasteiger partial charge is 0.382 e. The molecule has 7 nitrogen and oxygen atoms in total. The van der Waals surface area contributed by atoms with Gasteiger partial charge in [-0.1, -0.05) is 5.21 Å². The van der Waals surface area contributed by atoms with E-state index in [0.29, 0.717) is 24.7 Å². The molecule has 0 bridgehead atoms. The van der Waals surface area contributed by atoms with E-state index in [1.165, 1.54) is 0 Å². The third kappa shape index (κ3) is 3.16. The lowest BCUT2D eigenvalue weighted by molar-refractivity contribution is 0.0404. The van der Waals surface area contributed by atoms with Gasteiger partial charge in [0.1, 0.15) is 17.1 Å². The molecule has 1 atom stereocenters. The zero-order chi connectivity index (χ0) is 16.6. The highest BCUT2D eigenvalue weighted by atomic mass is 16.3. The zero-order valence-electron chi connectivity index (χ0n) is 14.3. The number of rotatable bonds is 5. The summed E-state index contributed by atoms with van der Waals surface area (Å²) in [4.78, 5) is 6.69. The second kappa shape index (κ2) is 6.05. The standard InChI is InChI=1S/C16H26N6O/c1-12(2)21-8-6-17-15(21)10-20-7-5-16(23,11-20)14-9-22(13(3)4)19-18-14/h6,8-9,12-13,23H,5,7,10-11H2,1-4H3. The third-order valence-corrected chi connectivity index (χ3v) is 4.51. The molecule has 1 fully saturated rings. The van der Waals surface area contributed by atoms with Gasteiger partial charge in [0.25, 0.3) is 0 Å². The van der Waals surface area contributed by atoms with Crippen molar-refractivity contribution in [1.29, 1.82) is 0 Å². The SMILES string of the molecule is CC(C)n1cc(C2(O)CCN(Cc3nccn3C(C)C)C2)nn1. The summed E-state index contributed by atoms with van der Waals surface area (Å²) in [7, 11) is 0. The van der Waals surface area contributed by atoms with E-state index in [9.17, 15) is 5.11 Å². The highest BCUT2D eigenvalue weighted by Crippen LogP contribution is 2.31. The molecule has 0 amide bonds. The Morgan fingerprint density at radius 1 is 1.26 bits per heavy atom. The lowest BCUT2D eigenvalue weighted by atomic mass is 10.00. The molecule has 1 aliphatic heterocycles. The summed E-state index contributed by atoms with van der Waals surface area (Å²) in [6.07, 6.45) is 6.39. The van der Waals surface area contributed by atoms with Crippen molar-refractivity contribution in [3.05, 3.63) is 30.1 Å². The molecular formula is C16H26N6O. The highest BCUT2D eigenvalue weighted by Gasteiger charge is 2.40. The number of hydrogen-bond acceptors (Lipinski definition) is 5. The van der Waals surface area contributed by atoms with Crippen LogP contribution in [0.1, 0.15) is 57.7 Å². The average Bonchev–Trinajstić information content (AvgIpc) is 3.19. The number of aromatic nitrogens is 5. The molecular weight excluding hydrogens is 292 g/mol. The van der Waals surface area contributed by atoms with Crippen LogP contribution >= 0.6 is 0 Å². The number of imidazole rings is 1. The molecule has 1 N–H and O–H groups in total. The van der Waals surface area contributed by atoms with E-state index in [4.69, 9.17) is 0 Å². The predicted octanol–water partition coefficient (Wildman–Crippen LogP) is 1.73. The van der Waals surface area contributed by atoms with Gasteiger partial charge in [0.2, 0.25) is 0 Å². The molecule has 0 aliphatic carbocycles. The van der Waals surface area contributed by atoms with Crippen LogP contribution in [0.4, 0.5) is 0 Å². The summed E-state index contributed by atoms with van der Waals surface area (Å²) in [5, 5.41) is 19.2. The van der Waals surface area contributed by atoms with Gasteiger partial charge in [-0.3, -0.25) is 4.90 Å². The van der Waals surface area contributed by atoms with Crippen molar-refractivity contribution in [3.63, 3.8) is 0 Å². The van der Waals surface area contributed by atoms with Crippen molar-refractivity contribution in [3.8, 4) is 0 Å². The molecule has 7 heteroatoms. The molecule has 1 unspecified atom stereocenters. The average molecular weight is 318 g/mol. The first kappa shape index (κ1) is 16.1. The van der Waals surface area contributed by atoms with E-state index in [-0.39, 0.29) is 6.04 Å². The fourth-order valence-electron chi connectivity index (χ4n) is 3.09. The Labute approximate surface area is 136 Å². The Morgan fingerprint density at radius 3 is 2.70 bits per heavy atom. The van der Waals surface area contributed by atoms with E-state index >= 15 is 0 Å². The van der Waals surface area contributed by atoms with E-state index in [0.717, 1.165) is 18.9 Å². The number of hydrogen-bond donors (Lipinski definition) is 1. The quantitative estimate of drug-likeness (QED) is 0.909. The van der Waals surface area contributed by atoms with Gasteiger partial charge in [-0.2, -0.15) is 0 Å². The minimum Gasteiger partial charge on any atom is -0.382 e. The van der Waals surface area contributed by atoms with Gasteiger partial charge in [0.15, 0.2) is 0 Å². The van der Waals surface area contributed by atoms with Crippen LogP contribution in [0, 0.1) is 0 Å². The third-order valence-electron chi connectivity index (χ3n) is 4.51. The van der Waals surface area contributed by atoms with Crippen LogP contribution in [0.15, 0.2) is 18.6 Å². The normalized spacial score (nSPS) is 22.6. The highest BCUT2D eigenvalue weighted by molar-refractivity contribution is 5.11. The van der Waals surface area contributed by atoms with Gasteiger partial charge in [-0.15, -0.1) is 5.10 Å². The van der Waals surface area contributed by atoms with Gasteiger partial charge >= 0.3 is 0 Å². The Kier molecular flexibility index (Phi) is 4.25. The van der Waals surface area contributed by atoms with Crippen molar-refractivity contribution in [2.24, 2.45) is 0 Å². The van der Waals surface area contributed by atoms with Crippen LogP contribution in [-0.4, -0.2) is 47.6 Å². The number of β-amino-alcohol motifs (C(OH)–C–C–N with tert-alkyl or cyclic N) is 1. The molecule has 126 valence electrons. The minimum atomic E-state index is -0.914. The van der Waals surface area contributed by atoms with E-state index in [1.54, 1.807) is 4.68 Å². The van der Waals surface area contributed by atoms with Crippen molar-refractivity contribution in [1.82, 2.24) is 29.4 Å². The molecule has 3 rings (SSSR count). The lowest BCUT2D eigenvalue weighted by Gasteiger charge is -2.21. The van der Waals surface area contributed by atoms with Crippen LogP contribution in [0.5, 0.6) is 0 Å². The molecule has 2 aromatic rings. The molecule has 3 heterocycles. The van der Waals surface area contributed by atoms with Gasteiger partial charge in [0.05, 0.1) is 12.7 Å². The van der Waals surface area contributed by atoms with Crippen LogP contribution < -0.4 is 0 Å². The second-order valence-corrected chi connectivity index (χ2v) is 7.01. The Balaban J connectivity index is 1.70. The summed E-state index contributed by atoms with van der Waals surface area (Å²) < 4.78 is 3.97. The maximum Gasteiger partial charge on any atom is 0.124 e. The van der Waals surface area contributed by atoms with Crippen LogP contribution in [0.25, 0.3) is 0 Å². The first-order chi connectivity index (χ1) is 10.9. The first-order valence-electron chi connectivity index (χ1n) is 8.28.